The molecule has 0 aliphatic carbocycles. The molecule has 0 aromatic heterocycles. The first-order valence-corrected chi connectivity index (χ1v) is 6.73. The van der Waals surface area contributed by atoms with Gasteiger partial charge >= 0.3 is 0 Å². The molecular formula is C15H26N2O. The van der Waals surface area contributed by atoms with Gasteiger partial charge in [0.1, 0.15) is 0 Å². The highest BCUT2D eigenvalue weighted by Gasteiger charge is 2.06. The molecule has 0 saturated carbocycles. The Morgan fingerprint density at radius 2 is 1.83 bits per heavy atom. The second kappa shape index (κ2) is 7.39. The van der Waals surface area contributed by atoms with Gasteiger partial charge in [-0.2, -0.15) is 0 Å². The summed E-state index contributed by atoms with van der Waals surface area (Å²) in [5.74, 6) is 0. The summed E-state index contributed by atoms with van der Waals surface area (Å²) in [7, 11) is 4.09. The molecule has 1 aromatic rings. The highest BCUT2D eigenvalue weighted by molar-refractivity contribution is 5.46. The molecule has 0 bridgehead atoms. The minimum atomic E-state index is -0.180. The Kier molecular flexibility index (Phi) is 6.16. The van der Waals surface area contributed by atoms with Crippen LogP contribution in [0.5, 0.6) is 0 Å². The van der Waals surface area contributed by atoms with Crippen molar-refractivity contribution in [1.82, 2.24) is 5.32 Å². The summed E-state index contributed by atoms with van der Waals surface area (Å²) >= 11 is 0. The van der Waals surface area contributed by atoms with Gasteiger partial charge < -0.3 is 15.3 Å². The molecule has 2 unspecified atom stereocenters. The Morgan fingerprint density at radius 3 is 2.33 bits per heavy atom. The van der Waals surface area contributed by atoms with Gasteiger partial charge in [-0.05, 0) is 44.0 Å². The van der Waals surface area contributed by atoms with Crippen LogP contribution in [-0.4, -0.2) is 31.9 Å². The standard InChI is InChI=1S/C15H26N2O/c1-5-15(18)10-11-16-12(2)13-6-8-14(9-7-13)17(3)4/h6-9,12,15-16,18H,5,10-11H2,1-4H3. The van der Waals surface area contributed by atoms with E-state index >= 15 is 0 Å². The Morgan fingerprint density at radius 1 is 1.22 bits per heavy atom. The molecule has 2 atom stereocenters. The summed E-state index contributed by atoms with van der Waals surface area (Å²) < 4.78 is 0. The Hall–Kier alpha value is -1.06. The summed E-state index contributed by atoms with van der Waals surface area (Å²) in [6.45, 7) is 5.02. The zero-order chi connectivity index (χ0) is 13.5. The molecule has 0 heterocycles. The van der Waals surface area contributed by atoms with Crippen LogP contribution >= 0.6 is 0 Å². The van der Waals surface area contributed by atoms with Crippen LogP contribution in [0.25, 0.3) is 0 Å². The van der Waals surface area contributed by atoms with E-state index in [0.29, 0.717) is 6.04 Å². The number of hydrogen-bond donors (Lipinski definition) is 2. The Balaban J connectivity index is 2.44. The molecule has 1 aromatic carbocycles. The van der Waals surface area contributed by atoms with E-state index in [1.165, 1.54) is 11.3 Å². The van der Waals surface area contributed by atoms with Crippen LogP contribution in [0.1, 0.15) is 38.3 Å². The molecule has 0 amide bonds. The summed E-state index contributed by atoms with van der Waals surface area (Å²) in [5, 5.41) is 12.9. The van der Waals surface area contributed by atoms with Gasteiger partial charge in [0, 0.05) is 25.8 Å². The van der Waals surface area contributed by atoms with Crippen molar-refractivity contribution in [2.45, 2.75) is 38.8 Å². The normalized spacial score (nSPS) is 14.3. The lowest BCUT2D eigenvalue weighted by Gasteiger charge is -2.17. The van der Waals surface area contributed by atoms with Crippen molar-refractivity contribution in [3.05, 3.63) is 29.8 Å². The number of nitrogens with zero attached hydrogens (tertiary/aromatic N) is 1. The van der Waals surface area contributed by atoms with E-state index in [2.05, 4.69) is 41.4 Å². The largest absolute Gasteiger partial charge is 0.393 e. The predicted molar refractivity (Wildman–Crippen MR) is 78.1 cm³/mol. The maximum atomic E-state index is 9.49. The third kappa shape index (κ3) is 4.67. The van der Waals surface area contributed by atoms with Crippen LogP contribution in [0.3, 0.4) is 0 Å². The fraction of sp³-hybridized carbons (Fsp3) is 0.600. The van der Waals surface area contributed by atoms with E-state index in [4.69, 9.17) is 0 Å². The molecule has 0 fully saturated rings. The van der Waals surface area contributed by atoms with Gasteiger partial charge in [-0.3, -0.25) is 0 Å². The number of nitrogens with one attached hydrogen (secondary N) is 1. The van der Waals surface area contributed by atoms with Crippen LogP contribution in [-0.2, 0) is 0 Å². The fourth-order valence-corrected chi connectivity index (χ4v) is 1.85. The summed E-state index contributed by atoms with van der Waals surface area (Å²) in [6.07, 6.45) is 1.46. The molecular weight excluding hydrogens is 224 g/mol. The molecule has 18 heavy (non-hydrogen) atoms. The average Bonchev–Trinajstić information content (AvgIpc) is 2.38. The Labute approximate surface area is 111 Å². The summed E-state index contributed by atoms with van der Waals surface area (Å²) in [6, 6.07) is 8.90. The number of rotatable bonds is 7. The van der Waals surface area contributed by atoms with Gasteiger partial charge in [0.2, 0.25) is 0 Å². The van der Waals surface area contributed by atoms with Crippen molar-refractivity contribution in [3.63, 3.8) is 0 Å². The summed E-state index contributed by atoms with van der Waals surface area (Å²) in [5.41, 5.74) is 2.50. The number of aliphatic hydroxyl groups is 1. The Bertz CT molecular complexity index is 335. The van der Waals surface area contributed by atoms with Crippen molar-refractivity contribution in [2.75, 3.05) is 25.5 Å². The van der Waals surface area contributed by atoms with E-state index in [1.54, 1.807) is 0 Å². The monoisotopic (exact) mass is 250 g/mol. The van der Waals surface area contributed by atoms with E-state index in [0.717, 1.165) is 19.4 Å². The predicted octanol–water partition coefficient (Wildman–Crippen LogP) is 2.56. The summed E-state index contributed by atoms with van der Waals surface area (Å²) in [4.78, 5) is 2.10. The third-order valence-corrected chi connectivity index (χ3v) is 3.31. The van der Waals surface area contributed by atoms with Crippen LogP contribution in [0.15, 0.2) is 24.3 Å². The van der Waals surface area contributed by atoms with E-state index in [-0.39, 0.29) is 6.10 Å². The van der Waals surface area contributed by atoms with Crippen LogP contribution in [0.4, 0.5) is 5.69 Å². The molecule has 0 saturated heterocycles. The van der Waals surface area contributed by atoms with Crippen molar-refractivity contribution >= 4 is 5.69 Å². The number of anilines is 1. The molecule has 0 spiro atoms. The second-order valence-electron chi connectivity index (χ2n) is 5.01. The van der Waals surface area contributed by atoms with E-state index < -0.39 is 0 Å². The van der Waals surface area contributed by atoms with Crippen LogP contribution in [0.2, 0.25) is 0 Å². The molecule has 102 valence electrons. The number of aliphatic hydroxyl groups excluding tert-OH is 1. The van der Waals surface area contributed by atoms with Gasteiger partial charge in [0.25, 0.3) is 0 Å². The van der Waals surface area contributed by atoms with Gasteiger partial charge in [-0.25, -0.2) is 0 Å². The lowest BCUT2D eigenvalue weighted by Crippen LogP contribution is -2.23. The maximum Gasteiger partial charge on any atom is 0.0549 e. The topological polar surface area (TPSA) is 35.5 Å². The van der Waals surface area contributed by atoms with Crippen molar-refractivity contribution < 1.29 is 5.11 Å². The van der Waals surface area contributed by atoms with Crippen molar-refractivity contribution in [2.24, 2.45) is 0 Å². The quantitative estimate of drug-likeness (QED) is 0.780. The zero-order valence-electron chi connectivity index (χ0n) is 12.0. The minimum absolute atomic E-state index is 0.180. The first kappa shape index (κ1) is 15.0. The lowest BCUT2D eigenvalue weighted by atomic mass is 10.1. The maximum absolute atomic E-state index is 9.49. The van der Waals surface area contributed by atoms with Gasteiger partial charge in [-0.1, -0.05) is 19.1 Å². The SMILES string of the molecule is CCC(O)CCNC(C)c1ccc(N(C)C)cc1. The first-order valence-electron chi connectivity index (χ1n) is 6.73. The van der Waals surface area contributed by atoms with Crippen LogP contribution < -0.4 is 10.2 Å². The minimum Gasteiger partial charge on any atom is -0.393 e. The molecule has 3 heteroatoms. The highest BCUT2D eigenvalue weighted by atomic mass is 16.3. The van der Waals surface area contributed by atoms with Crippen LogP contribution in [0, 0.1) is 0 Å². The number of benzene rings is 1. The van der Waals surface area contributed by atoms with Gasteiger partial charge in [0.05, 0.1) is 6.10 Å². The first-order chi connectivity index (χ1) is 8.54. The van der Waals surface area contributed by atoms with Gasteiger partial charge in [-0.15, -0.1) is 0 Å². The third-order valence-electron chi connectivity index (χ3n) is 3.31. The number of hydrogen-bond acceptors (Lipinski definition) is 3. The average molecular weight is 250 g/mol. The smallest absolute Gasteiger partial charge is 0.0549 e. The zero-order valence-corrected chi connectivity index (χ0v) is 12.0. The lowest BCUT2D eigenvalue weighted by molar-refractivity contribution is 0.159. The van der Waals surface area contributed by atoms with Crippen molar-refractivity contribution in [3.8, 4) is 0 Å². The molecule has 1 rings (SSSR count). The molecule has 0 aliphatic heterocycles. The molecule has 2 N–H and O–H groups in total. The molecule has 0 aliphatic rings. The van der Waals surface area contributed by atoms with E-state index in [1.807, 2.05) is 21.0 Å². The van der Waals surface area contributed by atoms with E-state index in [9.17, 15) is 5.11 Å². The highest BCUT2D eigenvalue weighted by Crippen LogP contribution is 2.17. The molecule has 0 radical (unpaired) electrons. The van der Waals surface area contributed by atoms with Crippen molar-refractivity contribution in [1.29, 1.82) is 0 Å². The van der Waals surface area contributed by atoms with Gasteiger partial charge in [0.15, 0.2) is 0 Å². The fourth-order valence-electron chi connectivity index (χ4n) is 1.85. The second-order valence-corrected chi connectivity index (χ2v) is 5.01. The molecule has 3 nitrogen and oxygen atoms in total.